The lowest BCUT2D eigenvalue weighted by molar-refractivity contribution is 0.102. The Kier molecular flexibility index (Phi) is 5.66. The van der Waals surface area contributed by atoms with Gasteiger partial charge in [0.05, 0.1) is 22.3 Å². The van der Waals surface area contributed by atoms with Crippen LogP contribution in [0, 0.1) is 24.5 Å². The molecule has 0 bridgehead atoms. The summed E-state index contributed by atoms with van der Waals surface area (Å²) in [5.41, 5.74) is 4.68. The first-order valence-corrected chi connectivity index (χ1v) is 11.8. The van der Waals surface area contributed by atoms with Gasteiger partial charge in [-0.15, -0.1) is 0 Å². The van der Waals surface area contributed by atoms with Gasteiger partial charge in [-0.1, -0.05) is 35.6 Å². The van der Waals surface area contributed by atoms with Crippen molar-refractivity contribution < 1.29 is 13.6 Å². The first-order chi connectivity index (χ1) is 15.9. The van der Waals surface area contributed by atoms with Crippen LogP contribution in [0.5, 0.6) is 0 Å². The topological polar surface area (TPSA) is 45.6 Å². The number of benzene rings is 2. The van der Waals surface area contributed by atoms with E-state index in [1.807, 2.05) is 11.9 Å². The molecule has 168 valence electrons. The van der Waals surface area contributed by atoms with E-state index in [0.717, 1.165) is 41.7 Å². The van der Waals surface area contributed by atoms with E-state index in [1.54, 1.807) is 31.2 Å². The van der Waals surface area contributed by atoms with Crippen LogP contribution in [0.4, 0.5) is 13.9 Å². The normalized spacial score (nSPS) is 21.3. The lowest BCUT2D eigenvalue weighted by Gasteiger charge is -2.29. The third-order valence-electron chi connectivity index (χ3n) is 6.23. The number of carbonyl (C=O) groups is 1. The average Bonchev–Trinajstić information content (AvgIpc) is 3.37. The number of anilines is 1. The fraction of sp³-hybridized carbons (Fsp3) is 0.269. The lowest BCUT2D eigenvalue weighted by atomic mass is 9.77. The van der Waals surface area contributed by atoms with Crippen LogP contribution in [0.15, 0.2) is 59.2 Å². The second-order valence-corrected chi connectivity index (χ2v) is 9.49. The second-order valence-electron chi connectivity index (χ2n) is 8.51. The molecule has 2 aliphatic rings. The highest BCUT2D eigenvalue weighted by molar-refractivity contribution is 7.17. The standard InChI is InChI=1S/C26H23F2N3OS/c1-15-25(16(2)32)33-26(29-15)31-24(18-8-12-21(28)13-9-18)22-5-3-4-19(23(22)30-31)14-17-6-10-20(27)11-7-17/h6-14,22,24H,3-5H2,1-2H3/b19-14-/t22-,24-/m1/s1. The monoisotopic (exact) mass is 463 g/mol. The molecule has 33 heavy (non-hydrogen) atoms. The zero-order chi connectivity index (χ0) is 23.1. The Bertz CT molecular complexity index is 1260. The van der Waals surface area contributed by atoms with Gasteiger partial charge in [0, 0.05) is 12.8 Å². The largest absolute Gasteiger partial charge is 0.294 e. The van der Waals surface area contributed by atoms with E-state index < -0.39 is 0 Å². The fourth-order valence-corrected chi connectivity index (χ4v) is 5.67. The van der Waals surface area contributed by atoms with Gasteiger partial charge in [-0.25, -0.2) is 18.8 Å². The Labute approximate surface area is 195 Å². The molecule has 2 heterocycles. The summed E-state index contributed by atoms with van der Waals surface area (Å²) >= 11 is 1.34. The number of halogens is 2. The Morgan fingerprint density at radius 2 is 1.76 bits per heavy atom. The fourth-order valence-electron chi connectivity index (χ4n) is 4.72. The number of aryl methyl sites for hydroxylation is 1. The molecule has 2 aromatic carbocycles. The van der Waals surface area contributed by atoms with Crippen LogP contribution < -0.4 is 5.01 Å². The molecule has 0 amide bonds. The molecule has 1 fully saturated rings. The molecule has 0 spiro atoms. The molecule has 1 aliphatic carbocycles. The molecular formula is C26H23F2N3OS. The number of hydrogen-bond acceptors (Lipinski definition) is 5. The number of aromatic nitrogens is 1. The number of nitrogens with zero attached hydrogens (tertiary/aromatic N) is 3. The van der Waals surface area contributed by atoms with E-state index in [0.29, 0.717) is 15.7 Å². The SMILES string of the molecule is CC(=O)c1sc(N2N=C3/C(=C\c4ccc(F)cc4)CCC[C@H]3[C@H]2c2ccc(F)cc2)nc1C. The molecule has 4 nitrogen and oxygen atoms in total. The summed E-state index contributed by atoms with van der Waals surface area (Å²) in [7, 11) is 0. The Morgan fingerprint density at radius 1 is 1.09 bits per heavy atom. The van der Waals surface area contributed by atoms with Crippen LogP contribution in [0.3, 0.4) is 0 Å². The number of ketones is 1. The quantitative estimate of drug-likeness (QED) is 0.403. The van der Waals surface area contributed by atoms with Gasteiger partial charge >= 0.3 is 0 Å². The van der Waals surface area contributed by atoms with Gasteiger partial charge in [0.1, 0.15) is 11.6 Å². The van der Waals surface area contributed by atoms with E-state index in [9.17, 15) is 13.6 Å². The molecule has 5 rings (SSSR count). The molecule has 1 saturated carbocycles. The van der Waals surface area contributed by atoms with E-state index in [1.165, 1.54) is 35.6 Å². The van der Waals surface area contributed by atoms with Crippen LogP contribution >= 0.6 is 11.3 Å². The van der Waals surface area contributed by atoms with E-state index >= 15 is 0 Å². The minimum absolute atomic E-state index is 0.0178. The summed E-state index contributed by atoms with van der Waals surface area (Å²) in [5, 5.41) is 7.59. The first-order valence-electron chi connectivity index (χ1n) is 11.0. The maximum Gasteiger partial charge on any atom is 0.207 e. The van der Waals surface area contributed by atoms with Gasteiger partial charge < -0.3 is 0 Å². The zero-order valence-electron chi connectivity index (χ0n) is 18.4. The predicted octanol–water partition coefficient (Wildman–Crippen LogP) is 6.73. The molecule has 0 N–H and O–H groups in total. The summed E-state index contributed by atoms with van der Waals surface area (Å²) in [6, 6.07) is 12.8. The van der Waals surface area contributed by atoms with Gasteiger partial charge in [-0.2, -0.15) is 5.10 Å². The third kappa shape index (κ3) is 4.13. The number of hydrazone groups is 1. The van der Waals surface area contributed by atoms with Crippen molar-refractivity contribution in [3.05, 3.63) is 87.4 Å². The molecule has 2 atom stereocenters. The molecule has 0 radical (unpaired) electrons. The van der Waals surface area contributed by atoms with Gasteiger partial charge in [-0.05, 0) is 73.2 Å². The Hall–Kier alpha value is -3.19. The maximum absolute atomic E-state index is 13.7. The molecule has 3 aromatic rings. The molecule has 1 aromatic heterocycles. The Balaban J connectivity index is 1.60. The molecule has 1 aliphatic heterocycles. The van der Waals surface area contributed by atoms with Crippen molar-refractivity contribution in [2.24, 2.45) is 11.0 Å². The maximum atomic E-state index is 13.7. The van der Waals surface area contributed by atoms with E-state index in [4.69, 9.17) is 5.10 Å². The smallest absolute Gasteiger partial charge is 0.207 e. The minimum Gasteiger partial charge on any atom is -0.294 e. The van der Waals surface area contributed by atoms with Crippen molar-refractivity contribution in [1.82, 2.24) is 4.98 Å². The zero-order valence-corrected chi connectivity index (χ0v) is 19.2. The first kappa shape index (κ1) is 21.6. The van der Waals surface area contributed by atoms with E-state index in [-0.39, 0.29) is 29.4 Å². The highest BCUT2D eigenvalue weighted by Crippen LogP contribution is 2.47. The summed E-state index contributed by atoms with van der Waals surface area (Å²) < 4.78 is 27.0. The van der Waals surface area contributed by atoms with Crippen molar-refractivity contribution in [3.63, 3.8) is 0 Å². The average molecular weight is 464 g/mol. The number of hydrogen-bond donors (Lipinski definition) is 0. The molecule has 7 heteroatoms. The third-order valence-corrected chi connectivity index (χ3v) is 7.47. The summed E-state index contributed by atoms with van der Waals surface area (Å²) in [6.45, 7) is 3.38. The van der Waals surface area contributed by atoms with Crippen molar-refractivity contribution in [2.75, 3.05) is 5.01 Å². The summed E-state index contributed by atoms with van der Waals surface area (Å²) in [4.78, 5) is 17.3. The van der Waals surface area contributed by atoms with Crippen LogP contribution in [0.2, 0.25) is 0 Å². The van der Waals surface area contributed by atoms with Gasteiger partial charge in [-0.3, -0.25) is 4.79 Å². The predicted molar refractivity (Wildman–Crippen MR) is 128 cm³/mol. The summed E-state index contributed by atoms with van der Waals surface area (Å²) in [6.07, 6.45) is 4.90. The van der Waals surface area contributed by atoms with Gasteiger partial charge in [0.15, 0.2) is 5.78 Å². The van der Waals surface area contributed by atoms with Crippen molar-refractivity contribution in [2.45, 2.75) is 39.2 Å². The molecule has 0 saturated heterocycles. The number of allylic oxidation sites excluding steroid dienone is 1. The number of Topliss-reactive ketones (excluding diaryl/α,β-unsaturated/α-hetero) is 1. The highest BCUT2D eigenvalue weighted by Gasteiger charge is 2.43. The summed E-state index contributed by atoms with van der Waals surface area (Å²) in [5.74, 6) is -0.453. The number of rotatable bonds is 4. The second kappa shape index (κ2) is 8.63. The van der Waals surface area contributed by atoms with Crippen molar-refractivity contribution in [3.8, 4) is 0 Å². The number of thiazole rings is 1. The van der Waals surface area contributed by atoms with Crippen LogP contribution in [0.25, 0.3) is 6.08 Å². The van der Waals surface area contributed by atoms with Crippen LogP contribution in [-0.4, -0.2) is 16.5 Å². The lowest BCUT2D eigenvalue weighted by Crippen LogP contribution is -2.28. The molecule has 0 unspecified atom stereocenters. The Morgan fingerprint density at radius 3 is 2.39 bits per heavy atom. The van der Waals surface area contributed by atoms with E-state index in [2.05, 4.69) is 11.1 Å². The number of carbonyl (C=O) groups excluding carboxylic acids is 1. The van der Waals surface area contributed by atoms with Crippen molar-refractivity contribution >= 4 is 34.0 Å². The van der Waals surface area contributed by atoms with Gasteiger partial charge in [0.25, 0.3) is 0 Å². The molecular weight excluding hydrogens is 440 g/mol. The number of fused-ring (bicyclic) bond motifs is 1. The van der Waals surface area contributed by atoms with Crippen LogP contribution in [0.1, 0.15) is 58.7 Å². The van der Waals surface area contributed by atoms with Crippen molar-refractivity contribution in [1.29, 1.82) is 0 Å². The minimum atomic E-state index is -0.283. The van der Waals surface area contributed by atoms with Crippen LogP contribution in [-0.2, 0) is 0 Å². The van der Waals surface area contributed by atoms with Gasteiger partial charge in [0.2, 0.25) is 5.13 Å². The highest BCUT2D eigenvalue weighted by atomic mass is 32.1.